The van der Waals surface area contributed by atoms with Crippen molar-refractivity contribution in [3.05, 3.63) is 29.6 Å². The van der Waals surface area contributed by atoms with Crippen molar-refractivity contribution in [3.63, 3.8) is 0 Å². The first-order chi connectivity index (χ1) is 9.14. The van der Waals surface area contributed by atoms with Crippen molar-refractivity contribution in [1.29, 1.82) is 0 Å². The van der Waals surface area contributed by atoms with Gasteiger partial charge in [-0.1, -0.05) is 6.07 Å². The Kier molecular flexibility index (Phi) is 2.78. The molecule has 2 aromatic rings. The minimum Gasteiger partial charge on any atom is -0.465 e. The normalized spacial score (nSPS) is 22.8. The van der Waals surface area contributed by atoms with Crippen LogP contribution in [-0.4, -0.2) is 29.6 Å². The van der Waals surface area contributed by atoms with Crippen LogP contribution in [0.3, 0.4) is 0 Å². The maximum absolute atomic E-state index is 11.7. The van der Waals surface area contributed by atoms with Crippen LogP contribution in [0.4, 0.5) is 0 Å². The highest BCUT2D eigenvalue weighted by Gasteiger charge is 2.33. The highest BCUT2D eigenvalue weighted by Crippen LogP contribution is 2.30. The summed E-state index contributed by atoms with van der Waals surface area (Å²) in [5, 5.41) is 3.46. The summed E-state index contributed by atoms with van der Waals surface area (Å²) in [5.74, 6) is 0.532. The van der Waals surface area contributed by atoms with E-state index >= 15 is 0 Å². The lowest BCUT2D eigenvalue weighted by Crippen LogP contribution is -2.34. The van der Waals surface area contributed by atoms with E-state index in [4.69, 9.17) is 4.74 Å². The highest BCUT2D eigenvalue weighted by molar-refractivity contribution is 6.01. The average molecular weight is 259 g/mol. The Labute approximate surface area is 111 Å². The monoisotopic (exact) mass is 259 g/mol. The Bertz CT molecular complexity index is 627. The number of benzene rings is 1. The van der Waals surface area contributed by atoms with Crippen molar-refractivity contribution < 1.29 is 9.53 Å². The molecule has 3 rings (SSSR count). The summed E-state index contributed by atoms with van der Waals surface area (Å²) in [7, 11) is 1.38. The molecule has 2 heterocycles. The van der Waals surface area contributed by atoms with Crippen LogP contribution < -0.4 is 5.32 Å². The van der Waals surface area contributed by atoms with Crippen molar-refractivity contribution >= 4 is 17.0 Å². The molecule has 0 amide bonds. The first kappa shape index (κ1) is 12.2. The molecule has 0 radical (unpaired) electrons. The number of aromatic amines is 1. The zero-order valence-corrected chi connectivity index (χ0v) is 11.1. The van der Waals surface area contributed by atoms with Crippen LogP contribution in [0.2, 0.25) is 0 Å². The molecule has 1 aliphatic heterocycles. The largest absolute Gasteiger partial charge is 0.465 e. The maximum Gasteiger partial charge on any atom is 0.340 e. The van der Waals surface area contributed by atoms with Crippen molar-refractivity contribution in [1.82, 2.24) is 15.3 Å². The van der Waals surface area contributed by atoms with Gasteiger partial charge in [0.05, 0.1) is 23.7 Å². The van der Waals surface area contributed by atoms with Gasteiger partial charge in [0.2, 0.25) is 0 Å². The van der Waals surface area contributed by atoms with Gasteiger partial charge in [-0.3, -0.25) is 0 Å². The van der Waals surface area contributed by atoms with Gasteiger partial charge in [0.1, 0.15) is 11.3 Å². The number of para-hydroxylation sites is 1. The fraction of sp³-hybridized carbons (Fsp3) is 0.429. The number of carbonyl (C=O) groups is 1. The van der Waals surface area contributed by atoms with Gasteiger partial charge in [0.25, 0.3) is 0 Å². The number of nitrogens with zero attached hydrogens (tertiary/aromatic N) is 1. The van der Waals surface area contributed by atoms with E-state index in [-0.39, 0.29) is 11.5 Å². The van der Waals surface area contributed by atoms with Gasteiger partial charge in [-0.25, -0.2) is 9.78 Å². The molecule has 1 aromatic carbocycles. The summed E-state index contributed by atoms with van der Waals surface area (Å²) < 4.78 is 4.80. The van der Waals surface area contributed by atoms with Gasteiger partial charge in [0, 0.05) is 0 Å². The Morgan fingerprint density at radius 2 is 2.32 bits per heavy atom. The van der Waals surface area contributed by atoms with Gasteiger partial charge in [-0.2, -0.15) is 0 Å². The second-order valence-electron chi connectivity index (χ2n) is 5.14. The second kappa shape index (κ2) is 4.35. The van der Waals surface area contributed by atoms with E-state index in [1.54, 1.807) is 6.07 Å². The molecule has 0 aliphatic carbocycles. The zero-order chi connectivity index (χ0) is 13.5. The van der Waals surface area contributed by atoms with Gasteiger partial charge >= 0.3 is 5.97 Å². The first-order valence-electron chi connectivity index (χ1n) is 6.46. The number of ether oxygens (including phenoxy) is 1. The SMILES string of the molecule is COC(=O)c1cccc2[nH]c([C@@]3(C)CCCN3)nc12. The molecular formula is C14H17N3O2. The van der Waals surface area contributed by atoms with Crippen LogP contribution in [-0.2, 0) is 10.3 Å². The van der Waals surface area contributed by atoms with E-state index in [0.29, 0.717) is 11.1 Å². The van der Waals surface area contributed by atoms with E-state index in [9.17, 15) is 4.79 Å². The third kappa shape index (κ3) is 1.90. The van der Waals surface area contributed by atoms with E-state index in [2.05, 4.69) is 22.2 Å². The quantitative estimate of drug-likeness (QED) is 0.809. The molecule has 0 unspecified atom stereocenters. The number of hydrogen-bond donors (Lipinski definition) is 2. The summed E-state index contributed by atoms with van der Waals surface area (Å²) in [4.78, 5) is 19.7. The van der Waals surface area contributed by atoms with Gasteiger partial charge < -0.3 is 15.0 Å². The smallest absolute Gasteiger partial charge is 0.340 e. The minimum absolute atomic E-state index is 0.133. The lowest BCUT2D eigenvalue weighted by molar-refractivity contribution is 0.0603. The fourth-order valence-corrected chi connectivity index (χ4v) is 2.66. The van der Waals surface area contributed by atoms with Gasteiger partial charge in [-0.15, -0.1) is 0 Å². The zero-order valence-electron chi connectivity index (χ0n) is 11.1. The number of imidazole rings is 1. The number of carbonyl (C=O) groups excluding carboxylic acids is 1. The van der Waals surface area contributed by atoms with Crippen molar-refractivity contribution in [3.8, 4) is 0 Å². The van der Waals surface area contributed by atoms with Crippen LogP contribution in [0.1, 0.15) is 35.9 Å². The molecule has 1 atom stereocenters. The summed E-state index contributed by atoms with van der Waals surface area (Å²) in [6.07, 6.45) is 2.18. The molecular weight excluding hydrogens is 242 g/mol. The van der Waals surface area contributed by atoms with Crippen LogP contribution in [0.5, 0.6) is 0 Å². The third-order valence-electron chi connectivity index (χ3n) is 3.81. The lowest BCUT2D eigenvalue weighted by Gasteiger charge is -2.21. The number of fused-ring (bicyclic) bond motifs is 1. The highest BCUT2D eigenvalue weighted by atomic mass is 16.5. The summed E-state index contributed by atoms with van der Waals surface area (Å²) in [5.41, 5.74) is 1.92. The van der Waals surface area contributed by atoms with Crippen molar-refractivity contribution in [2.75, 3.05) is 13.7 Å². The molecule has 0 spiro atoms. The number of hydrogen-bond acceptors (Lipinski definition) is 4. The van der Waals surface area contributed by atoms with E-state index in [0.717, 1.165) is 30.7 Å². The third-order valence-corrected chi connectivity index (χ3v) is 3.81. The van der Waals surface area contributed by atoms with Gasteiger partial charge in [0.15, 0.2) is 0 Å². The van der Waals surface area contributed by atoms with E-state index < -0.39 is 0 Å². The number of aromatic nitrogens is 2. The van der Waals surface area contributed by atoms with Gasteiger partial charge in [-0.05, 0) is 38.4 Å². The average Bonchev–Trinajstić information content (AvgIpc) is 3.04. The summed E-state index contributed by atoms with van der Waals surface area (Å²) >= 11 is 0. The summed E-state index contributed by atoms with van der Waals surface area (Å²) in [6.45, 7) is 3.13. The van der Waals surface area contributed by atoms with Crippen LogP contribution >= 0.6 is 0 Å². The molecule has 5 nitrogen and oxygen atoms in total. The Morgan fingerprint density at radius 1 is 1.47 bits per heavy atom. The number of H-pyrrole nitrogens is 1. The number of methoxy groups -OCH3 is 1. The van der Waals surface area contributed by atoms with Crippen LogP contribution in [0.25, 0.3) is 11.0 Å². The van der Waals surface area contributed by atoms with Crippen LogP contribution in [0, 0.1) is 0 Å². The van der Waals surface area contributed by atoms with Crippen molar-refractivity contribution in [2.24, 2.45) is 0 Å². The maximum atomic E-state index is 11.7. The minimum atomic E-state index is -0.354. The number of rotatable bonds is 2. The molecule has 19 heavy (non-hydrogen) atoms. The Balaban J connectivity index is 2.13. The predicted octanol–water partition coefficient (Wildman–Crippen LogP) is 1.95. The molecule has 1 saturated heterocycles. The summed E-state index contributed by atoms with van der Waals surface area (Å²) in [6, 6.07) is 5.50. The topological polar surface area (TPSA) is 67.0 Å². The number of esters is 1. The Morgan fingerprint density at radius 3 is 3.00 bits per heavy atom. The first-order valence-corrected chi connectivity index (χ1v) is 6.46. The fourth-order valence-electron chi connectivity index (χ4n) is 2.66. The molecule has 1 fully saturated rings. The lowest BCUT2D eigenvalue weighted by atomic mass is 10.00. The standard InChI is InChI=1S/C14H17N3O2/c1-14(7-4-8-15-14)13-16-10-6-3-5-9(11(10)17-13)12(18)19-2/h3,5-6,15H,4,7-8H2,1-2H3,(H,16,17)/t14-/m1/s1. The molecule has 100 valence electrons. The Hall–Kier alpha value is -1.88. The van der Waals surface area contributed by atoms with E-state index in [1.807, 2.05) is 12.1 Å². The van der Waals surface area contributed by atoms with E-state index in [1.165, 1.54) is 7.11 Å². The predicted molar refractivity (Wildman–Crippen MR) is 72.0 cm³/mol. The number of nitrogens with one attached hydrogen (secondary N) is 2. The van der Waals surface area contributed by atoms with Crippen molar-refractivity contribution in [2.45, 2.75) is 25.3 Å². The molecule has 2 N–H and O–H groups in total. The molecule has 5 heteroatoms. The van der Waals surface area contributed by atoms with Crippen LogP contribution in [0.15, 0.2) is 18.2 Å². The molecule has 0 bridgehead atoms. The second-order valence-corrected chi connectivity index (χ2v) is 5.14. The molecule has 1 aromatic heterocycles. The molecule has 0 saturated carbocycles. The molecule has 1 aliphatic rings.